The maximum atomic E-state index is 13.4. The van der Waals surface area contributed by atoms with Crippen LogP contribution in [0, 0.1) is 6.92 Å². The number of aryl methyl sites for hydroxylation is 1. The topological polar surface area (TPSA) is 111 Å². The Balaban J connectivity index is 1.35. The minimum Gasteiger partial charge on any atom is -0.484 e. The third-order valence-corrected chi connectivity index (χ3v) is 6.27. The largest absolute Gasteiger partial charge is 0.484 e. The Morgan fingerprint density at radius 3 is 2.53 bits per heavy atom. The monoisotopic (exact) mass is 488 g/mol. The van der Waals surface area contributed by atoms with E-state index in [0.29, 0.717) is 55.0 Å². The Morgan fingerprint density at radius 2 is 1.81 bits per heavy atom. The predicted molar refractivity (Wildman–Crippen MR) is 134 cm³/mol. The molecule has 10 nitrogen and oxygen atoms in total. The Kier molecular flexibility index (Phi) is 6.68. The molecular weight excluding hydrogens is 460 g/mol. The van der Waals surface area contributed by atoms with Gasteiger partial charge < -0.3 is 25.0 Å². The summed E-state index contributed by atoms with van der Waals surface area (Å²) < 4.78 is 12.7. The predicted octanol–water partition coefficient (Wildman–Crippen LogP) is 2.75. The fourth-order valence-corrected chi connectivity index (χ4v) is 4.32. The number of carbonyl (C=O) groups excluding carboxylic acids is 2. The van der Waals surface area contributed by atoms with E-state index in [1.807, 2.05) is 50.2 Å². The first-order chi connectivity index (χ1) is 17.5. The number of hydrogen-bond donors (Lipinski definition) is 2. The van der Waals surface area contributed by atoms with Crippen molar-refractivity contribution in [3.8, 4) is 5.75 Å². The van der Waals surface area contributed by atoms with Gasteiger partial charge in [0.2, 0.25) is 5.95 Å². The van der Waals surface area contributed by atoms with Crippen molar-refractivity contribution in [2.45, 2.75) is 19.9 Å². The zero-order valence-electron chi connectivity index (χ0n) is 20.2. The molecule has 186 valence electrons. The number of rotatable bonds is 6. The lowest BCUT2D eigenvalue weighted by atomic mass is 9.95. The summed E-state index contributed by atoms with van der Waals surface area (Å²) in [6.07, 6.45) is 1.46. The highest BCUT2D eigenvalue weighted by molar-refractivity contribution is 6.06. The van der Waals surface area contributed by atoms with Crippen LogP contribution in [0.2, 0.25) is 0 Å². The van der Waals surface area contributed by atoms with Crippen LogP contribution in [0.1, 0.15) is 24.1 Å². The van der Waals surface area contributed by atoms with Gasteiger partial charge in [-0.05, 0) is 43.7 Å². The first kappa shape index (κ1) is 23.6. The van der Waals surface area contributed by atoms with Gasteiger partial charge in [0.25, 0.3) is 11.8 Å². The number of aromatic nitrogens is 3. The van der Waals surface area contributed by atoms with Crippen LogP contribution in [0.3, 0.4) is 0 Å². The lowest BCUT2D eigenvalue weighted by Crippen LogP contribution is -2.42. The van der Waals surface area contributed by atoms with Crippen LogP contribution in [-0.4, -0.2) is 64.4 Å². The summed E-state index contributed by atoms with van der Waals surface area (Å²) in [4.78, 5) is 31.8. The molecule has 0 spiro atoms. The van der Waals surface area contributed by atoms with E-state index in [2.05, 4.69) is 20.7 Å². The molecule has 3 heterocycles. The second-order valence-corrected chi connectivity index (χ2v) is 8.77. The zero-order valence-corrected chi connectivity index (χ0v) is 20.2. The normalized spacial score (nSPS) is 17.3. The number of amides is 2. The molecule has 2 N–H and O–H groups in total. The molecule has 1 saturated heterocycles. The molecule has 3 aromatic rings. The Hall–Kier alpha value is -4.18. The molecule has 0 saturated carbocycles. The Bertz CT molecular complexity index is 1280. The fraction of sp³-hybridized carbons (Fsp3) is 0.308. The van der Waals surface area contributed by atoms with Crippen molar-refractivity contribution in [3.05, 3.63) is 77.3 Å². The van der Waals surface area contributed by atoms with Gasteiger partial charge in [0.15, 0.2) is 6.61 Å². The Labute approximate surface area is 208 Å². The average Bonchev–Trinajstić information content (AvgIpc) is 3.36. The number of benzene rings is 2. The molecule has 1 aromatic heterocycles. The minimum absolute atomic E-state index is 0.0386. The van der Waals surface area contributed by atoms with Crippen molar-refractivity contribution >= 4 is 23.5 Å². The lowest BCUT2D eigenvalue weighted by molar-refractivity contribution is -0.137. The number of allylic oxidation sites excluding steroid dienone is 1. The number of carbonyl (C=O) groups is 2. The quantitative estimate of drug-likeness (QED) is 0.549. The maximum absolute atomic E-state index is 13.4. The van der Waals surface area contributed by atoms with Crippen molar-refractivity contribution < 1.29 is 19.1 Å². The number of fused-ring (bicyclic) bond motifs is 1. The van der Waals surface area contributed by atoms with Crippen molar-refractivity contribution in [3.63, 3.8) is 0 Å². The summed E-state index contributed by atoms with van der Waals surface area (Å²) in [5.41, 5.74) is 3.89. The molecule has 0 aliphatic carbocycles. The number of nitrogens with one attached hydrogen (secondary N) is 2. The van der Waals surface area contributed by atoms with Gasteiger partial charge in [-0.15, -0.1) is 0 Å². The van der Waals surface area contributed by atoms with E-state index >= 15 is 0 Å². The molecule has 1 atom stereocenters. The third-order valence-electron chi connectivity index (χ3n) is 6.27. The van der Waals surface area contributed by atoms with E-state index in [4.69, 9.17) is 9.47 Å². The number of hydrogen-bond acceptors (Lipinski definition) is 7. The summed E-state index contributed by atoms with van der Waals surface area (Å²) in [7, 11) is 0. The summed E-state index contributed by atoms with van der Waals surface area (Å²) in [5, 5.41) is 10.5. The van der Waals surface area contributed by atoms with Crippen LogP contribution in [0.5, 0.6) is 5.75 Å². The van der Waals surface area contributed by atoms with Gasteiger partial charge in [0.1, 0.15) is 18.1 Å². The van der Waals surface area contributed by atoms with Gasteiger partial charge in [0, 0.05) is 24.5 Å². The van der Waals surface area contributed by atoms with Crippen molar-refractivity contribution in [1.29, 1.82) is 0 Å². The highest BCUT2D eigenvalue weighted by Gasteiger charge is 2.33. The van der Waals surface area contributed by atoms with E-state index in [-0.39, 0.29) is 18.4 Å². The maximum Gasteiger partial charge on any atom is 0.260 e. The second kappa shape index (κ2) is 10.2. The van der Waals surface area contributed by atoms with Gasteiger partial charge >= 0.3 is 0 Å². The summed E-state index contributed by atoms with van der Waals surface area (Å²) in [5.74, 6) is 0.827. The van der Waals surface area contributed by atoms with E-state index < -0.39 is 6.04 Å². The van der Waals surface area contributed by atoms with Crippen LogP contribution in [0.4, 0.5) is 11.6 Å². The first-order valence-corrected chi connectivity index (χ1v) is 11.8. The number of anilines is 2. The molecule has 36 heavy (non-hydrogen) atoms. The molecule has 1 fully saturated rings. The van der Waals surface area contributed by atoms with Crippen molar-refractivity contribution in [2.24, 2.45) is 0 Å². The van der Waals surface area contributed by atoms with Gasteiger partial charge in [-0.3, -0.25) is 9.59 Å². The number of morpholine rings is 1. The minimum atomic E-state index is -0.488. The van der Waals surface area contributed by atoms with Crippen LogP contribution >= 0.6 is 0 Å². The van der Waals surface area contributed by atoms with Gasteiger partial charge in [-0.2, -0.15) is 10.1 Å². The van der Waals surface area contributed by atoms with Gasteiger partial charge in [0.05, 0.1) is 18.8 Å². The van der Waals surface area contributed by atoms with E-state index in [1.165, 1.54) is 6.33 Å². The van der Waals surface area contributed by atoms with Gasteiger partial charge in [-0.1, -0.05) is 29.8 Å². The molecule has 5 rings (SSSR count). The van der Waals surface area contributed by atoms with Crippen LogP contribution in [0.15, 0.2) is 66.1 Å². The van der Waals surface area contributed by atoms with E-state index in [0.717, 1.165) is 11.1 Å². The molecule has 1 unspecified atom stereocenters. The molecule has 2 aliphatic heterocycles. The van der Waals surface area contributed by atoms with Gasteiger partial charge in [-0.25, -0.2) is 4.68 Å². The van der Waals surface area contributed by atoms with E-state index in [9.17, 15) is 9.59 Å². The zero-order chi connectivity index (χ0) is 25.1. The summed E-state index contributed by atoms with van der Waals surface area (Å²) >= 11 is 0. The molecule has 10 heteroatoms. The molecule has 0 bridgehead atoms. The summed E-state index contributed by atoms with van der Waals surface area (Å²) in [6.45, 7) is 6.07. The number of ether oxygens (including phenoxy) is 2. The molecule has 2 aromatic carbocycles. The highest BCUT2D eigenvalue weighted by atomic mass is 16.5. The number of nitrogens with zero attached hydrogens (tertiary/aromatic N) is 4. The van der Waals surface area contributed by atoms with Crippen molar-refractivity contribution in [1.82, 2.24) is 19.7 Å². The Morgan fingerprint density at radius 1 is 1.08 bits per heavy atom. The van der Waals surface area contributed by atoms with Crippen LogP contribution in [-0.2, 0) is 14.3 Å². The highest BCUT2D eigenvalue weighted by Crippen LogP contribution is 2.35. The molecule has 2 amide bonds. The smallest absolute Gasteiger partial charge is 0.260 e. The standard InChI is InChI=1S/C26H28N6O4/c1-17-3-7-20(8-4-17)30-25(34)23-18(2)29-26-27-16-28-32(26)24(23)19-5-9-21(10-6-19)36-15-22(33)31-11-13-35-14-12-31/h3-10,16,24H,11-15H2,1-2H3,(H,30,34)(H,27,28,29). The fourth-order valence-electron chi connectivity index (χ4n) is 4.32. The molecule has 2 aliphatic rings. The van der Waals surface area contributed by atoms with Crippen LogP contribution in [0.25, 0.3) is 0 Å². The second-order valence-electron chi connectivity index (χ2n) is 8.77. The van der Waals surface area contributed by atoms with Crippen LogP contribution < -0.4 is 15.4 Å². The van der Waals surface area contributed by atoms with Crippen molar-refractivity contribution in [2.75, 3.05) is 43.5 Å². The average molecular weight is 489 g/mol. The SMILES string of the molecule is CC1=C(C(=O)Nc2ccc(C)cc2)C(c2ccc(OCC(=O)N3CCOCC3)cc2)n2ncnc2N1. The summed E-state index contributed by atoms with van der Waals surface area (Å²) in [6, 6.07) is 14.5. The molecule has 0 radical (unpaired) electrons. The lowest BCUT2D eigenvalue weighted by Gasteiger charge is -2.29. The van der Waals surface area contributed by atoms with E-state index in [1.54, 1.807) is 21.7 Å². The molecular formula is C26H28N6O4. The first-order valence-electron chi connectivity index (χ1n) is 11.8. The third kappa shape index (κ3) is 4.94.